The Hall–Kier alpha value is -1.47. The summed E-state index contributed by atoms with van der Waals surface area (Å²) in [5.74, 6) is -0.106. The first kappa shape index (κ1) is 12.0. The molecule has 1 amide bonds. The Bertz CT molecular complexity index is 649. The van der Waals surface area contributed by atoms with E-state index < -0.39 is 15.6 Å². The van der Waals surface area contributed by atoms with E-state index in [4.69, 9.17) is 4.52 Å². The molecule has 2 heterocycles. The van der Waals surface area contributed by atoms with Crippen molar-refractivity contribution >= 4 is 27.0 Å². The minimum absolute atomic E-state index is 0.0774. The third-order valence-electron chi connectivity index (χ3n) is 1.97. The van der Waals surface area contributed by atoms with Gasteiger partial charge in [0.1, 0.15) is 5.76 Å². The van der Waals surface area contributed by atoms with Gasteiger partial charge in [-0.1, -0.05) is 11.2 Å². The number of aromatic nitrogens is 1. The number of hydrogen-bond acceptors (Lipinski definition) is 5. The zero-order valence-electron chi connectivity index (χ0n) is 9.25. The number of nitrogens with zero attached hydrogens (tertiary/aromatic N) is 2. The monoisotopic (exact) mass is 270 g/mol. The van der Waals surface area contributed by atoms with E-state index in [1.807, 2.05) is 0 Å². The fourth-order valence-electron chi connectivity index (χ4n) is 1.20. The quantitative estimate of drug-likeness (QED) is 0.839. The SMILES string of the molecule is Cc1cc(C(=O)N=[S@@](C)(=O)c2cccs2)no1. The summed E-state index contributed by atoms with van der Waals surface area (Å²) in [5, 5.41) is 5.33. The highest BCUT2D eigenvalue weighted by molar-refractivity contribution is 7.95. The van der Waals surface area contributed by atoms with E-state index >= 15 is 0 Å². The van der Waals surface area contributed by atoms with Crippen LogP contribution in [-0.2, 0) is 9.73 Å². The molecule has 0 aliphatic heterocycles. The summed E-state index contributed by atoms with van der Waals surface area (Å²) in [6, 6.07) is 4.93. The van der Waals surface area contributed by atoms with Gasteiger partial charge in [-0.3, -0.25) is 4.79 Å². The standard InChI is InChI=1S/C10H10N2O3S2/c1-7-6-8(11-15-7)10(13)12-17(2,14)9-4-3-5-16-9/h3-6H,1-2H3/t17-/m0/s1. The van der Waals surface area contributed by atoms with Crippen molar-refractivity contribution in [3.63, 3.8) is 0 Å². The van der Waals surface area contributed by atoms with Crippen LogP contribution in [0.2, 0.25) is 0 Å². The molecule has 1 atom stereocenters. The minimum atomic E-state index is -2.69. The average Bonchev–Trinajstić information content (AvgIpc) is 2.86. The summed E-state index contributed by atoms with van der Waals surface area (Å²) in [6.07, 6.45) is 1.43. The van der Waals surface area contributed by atoms with Crippen LogP contribution in [0.5, 0.6) is 0 Å². The lowest BCUT2D eigenvalue weighted by atomic mass is 10.4. The number of hydrogen-bond donors (Lipinski definition) is 0. The molecule has 0 spiro atoms. The van der Waals surface area contributed by atoms with Gasteiger partial charge < -0.3 is 4.52 Å². The normalized spacial score (nSPS) is 14.2. The molecule has 0 fully saturated rings. The molecule has 0 saturated carbocycles. The summed E-state index contributed by atoms with van der Waals surface area (Å²) in [4.78, 5) is 11.7. The van der Waals surface area contributed by atoms with Crippen LogP contribution in [0, 0.1) is 6.92 Å². The topological polar surface area (TPSA) is 72.5 Å². The Balaban J connectivity index is 2.37. The van der Waals surface area contributed by atoms with Crippen LogP contribution in [0.25, 0.3) is 0 Å². The maximum absolute atomic E-state index is 12.2. The first-order chi connectivity index (χ1) is 7.99. The molecule has 0 unspecified atom stereocenters. The van der Waals surface area contributed by atoms with Crippen molar-refractivity contribution in [1.82, 2.24) is 5.16 Å². The molecule has 90 valence electrons. The van der Waals surface area contributed by atoms with E-state index in [0.29, 0.717) is 9.97 Å². The maximum atomic E-state index is 12.2. The molecular formula is C10H10N2O3S2. The molecular weight excluding hydrogens is 260 g/mol. The zero-order valence-corrected chi connectivity index (χ0v) is 10.9. The van der Waals surface area contributed by atoms with Gasteiger partial charge in [0.05, 0.1) is 13.9 Å². The Kier molecular flexibility index (Phi) is 3.12. The summed E-state index contributed by atoms with van der Waals surface area (Å²) in [7, 11) is -2.69. The lowest BCUT2D eigenvalue weighted by Crippen LogP contribution is -2.02. The van der Waals surface area contributed by atoms with Gasteiger partial charge in [0.2, 0.25) is 0 Å². The molecule has 0 N–H and O–H groups in total. The van der Waals surface area contributed by atoms with Crippen LogP contribution in [0.15, 0.2) is 36.7 Å². The van der Waals surface area contributed by atoms with Gasteiger partial charge in [-0.2, -0.15) is 4.36 Å². The molecule has 2 aromatic heterocycles. The van der Waals surface area contributed by atoms with Crippen molar-refractivity contribution in [2.24, 2.45) is 4.36 Å². The molecule has 0 bridgehead atoms. The van der Waals surface area contributed by atoms with Crippen LogP contribution >= 0.6 is 11.3 Å². The highest BCUT2D eigenvalue weighted by atomic mass is 32.2. The second-order valence-corrected chi connectivity index (χ2v) is 6.89. The van der Waals surface area contributed by atoms with Crippen molar-refractivity contribution in [3.05, 3.63) is 35.0 Å². The second-order valence-electron chi connectivity index (χ2n) is 3.45. The number of carbonyl (C=O) groups excluding carboxylic acids is 1. The summed E-state index contributed by atoms with van der Waals surface area (Å²) >= 11 is 1.31. The lowest BCUT2D eigenvalue weighted by molar-refractivity contribution is 0.0996. The fourth-order valence-corrected chi connectivity index (χ4v) is 3.47. The van der Waals surface area contributed by atoms with Gasteiger partial charge in [-0.15, -0.1) is 11.3 Å². The molecule has 17 heavy (non-hydrogen) atoms. The first-order valence-corrected chi connectivity index (χ1v) is 7.53. The fraction of sp³-hybridized carbons (Fsp3) is 0.200. The van der Waals surface area contributed by atoms with Crippen LogP contribution in [0.3, 0.4) is 0 Å². The molecule has 0 radical (unpaired) electrons. The number of amides is 1. The predicted octanol–water partition coefficient (Wildman–Crippen LogP) is 2.34. The van der Waals surface area contributed by atoms with Crippen molar-refractivity contribution in [3.8, 4) is 0 Å². The van der Waals surface area contributed by atoms with Crippen molar-refractivity contribution < 1.29 is 13.5 Å². The van der Waals surface area contributed by atoms with Crippen LogP contribution in [-0.4, -0.2) is 21.5 Å². The summed E-state index contributed by atoms with van der Waals surface area (Å²) < 4.78 is 21.3. The highest BCUT2D eigenvalue weighted by Crippen LogP contribution is 2.18. The Labute approximate surface area is 103 Å². The average molecular weight is 270 g/mol. The summed E-state index contributed by atoms with van der Waals surface area (Å²) in [6.45, 7) is 1.67. The maximum Gasteiger partial charge on any atom is 0.307 e. The van der Waals surface area contributed by atoms with E-state index in [-0.39, 0.29) is 5.69 Å². The minimum Gasteiger partial charge on any atom is -0.361 e. The van der Waals surface area contributed by atoms with Crippen molar-refractivity contribution in [1.29, 1.82) is 0 Å². The van der Waals surface area contributed by atoms with Gasteiger partial charge in [-0.05, 0) is 18.4 Å². The number of rotatable bonds is 2. The van der Waals surface area contributed by atoms with Crippen LogP contribution in [0.1, 0.15) is 16.2 Å². The predicted molar refractivity (Wildman–Crippen MR) is 64.6 cm³/mol. The third kappa shape index (κ3) is 2.62. The molecule has 0 aromatic carbocycles. The van der Waals surface area contributed by atoms with Gasteiger partial charge in [0.25, 0.3) is 0 Å². The third-order valence-corrected chi connectivity index (χ3v) is 5.25. The number of aryl methyl sites for hydroxylation is 1. The van der Waals surface area contributed by atoms with Crippen molar-refractivity contribution in [2.45, 2.75) is 11.1 Å². The molecule has 0 aliphatic rings. The van der Waals surface area contributed by atoms with Gasteiger partial charge in [-0.25, -0.2) is 4.21 Å². The summed E-state index contributed by atoms with van der Waals surface area (Å²) in [5.41, 5.74) is 0.0774. The lowest BCUT2D eigenvalue weighted by Gasteiger charge is -1.97. The van der Waals surface area contributed by atoms with Gasteiger partial charge >= 0.3 is 5.91 Å². The van der Waals surface area contributed by atoms with Crippen LogP contribution in [0.4, 0.5) is 0 Å². The smallest absolute Gasteiger partial charge is 0.307 e. The Morgan fingerprint density at radius 3 is 2.88 bits per heavy atom. The van der Waals surface area contributed by atoms with E-state index in [1.165, 1.54) is 23.7 Å². The largest absolute Gasteiger partial charge is 0.361 e. The number of carbonyl (C=O) groups is 1. The van der Waals surface area contributed by atoms with Gasteiger partial charge in [0, 0.05) is 12.3 Å². The molecule has 2 aromatic rings. The van der Waals surface area contributed by atoms with E-state index in [2.05, 4.69) is 9.52 Å². The van der Waals surface area contributed by atoms with E-state index in [0.717, 1.165) is 0 Å². The van der Waals surface area contributed by atoms with Crippen LogP contribution < -0.4 is 0 Å². The Morgan fingerprint density at radius 2 is 2.35 bits per heavy atom. The van der Waals surface area contributed by atoms with E-state index in [9.17, 15) is 9.00 Å². The Morgan fingerprint density at radius 1 is 1.59 bits per heavy atom. The molecule has 7 heteroatoms. The zero-order chi connectivity index (χ0) is 12.5. The second kappa shape index (κ2) is 4.42. The number of thiophene rings is 1. The van der Waals surface area contributed by atoms with E-state index in [1.54, 1.807) is 24.4 Å². The van der Waals surface area contributed by atoms with Crippen molar-refractivity contribution in [2.75, 3.05) is 6.26 Å². The molecule has 0 aliphatic carbocycles. The highest BCUT2D eigenvalue weighted by Gasteiger charge is 2.14. The molecule has 0 saturated heterocycles. The molecule has 2 rings (SSSR count). The molecule has 5 nitrogen and oxygen atoms in total. The first-order valence-electron chi connectivity index (χ1n) is 4.72. The van der Waals surface area contributed by atoms with Gasteiger partial charge in [0.15, 0.2) is 5.69 Å².